The Morgan fingerprint density at radius 3 is 2.90 bits per heavy atom. The van der Waals surface area contributed by atoms with E-state index in [4.69, 9.17) is 16.3 Å². The lowest BCUT2D eigenvalue weighted by Gasteiger charge is -2.42. The molecule has 1 aliphatic heterocycles. The molecule has 1 atom stereocenters. The van der Waals surface area contributed by atoms with Crippen molar-refractivity contribution < 1.29 is 9.53 Å². The molecule has 1 unspecified atom stereocenters. The molecular formula is C15H19BrClNO2S. The molecule has 0 saturated carbocycles. The summed E-state index contributed by atoms with van der Waals surface area (Å²) >= 11 is 11.3. The maximum Gasteiger partial charge on any atom is 0.255 e. The van der Waals surface area contributed by atoms with E-state index in [9.17, 15) is 4.79 Å². The van der Waals surface area contributed by atoms with Gasteiger partial charge in [0.05, 0.1) is 22.3 Å². The van der Waals surface area contributed by atoms with Gasteiger partial charge >= 0.3 is 0 Å². The largest absolute Gasteiger partial charge is 0.368 e. The number of alkyl halides is 1. The van der Waals surface area contributed by atoms with Crippen molar-refractivity contribution in [1.29, 1.82) is 0 Å². The highest BCUT2D eigenvalue weighted by molar-refractivity contribution is 9.09. The number of amides is 1. The summed E-state index contributed by atoms with van der Waals surface area (Å²) in [7, 11) is 0. The lowest BCUT2D eigenvalue weighted by atomic mass is 10.0. The second-order valence-corrected chi connectivity index (χ2v) is 7.62. The number of nitrogens with zero attached hydrogens (tertiary/aromatic N) is 1. The van der Waals surface area contributed by atoms with Crippen molar-refractivity contribution in [3.63, 3.8) is 0 Å². The molecule has 0 N–H and O–H groups in total. The summed E-state index contributed by atoms with van der Waals surface area (Å²) in [6.45, 7) is 5.15. The molecule has 0 bridgehead atoms. The summed E-state index contributed by atoms with van der Waals surface area (Å²) in [6.07, 6.45) is 1.98. The molecule has 3 nitrogen and oxygen atoms in total. The summed E-state index contributed by atoms with van der Waals surface area (Å²) in [5.41, 5.74) is 0.213. The average Bonchev–Trinajstić information content (AvgIpc) is 2.45. The minimum atomic E-state index is -0.351. The van der Waals surface area contributed by atoms with E-state index in [1.54, 1.807) is 17.8 Å². The molecule has 21 heavy (non-hydrogen) atoms. The van der Waals surface area contributed by atoms with Crippen LogP contribution < -0.4 is 0 Å². The molecule has 1 aliphatic rings. The first-order valence-corrected chi connectivity index (χ1v) is 9.45. The van der Waals surface area contributed by atoms with Gasteiger partial charge in [0.25, 0.3) is 5.91 Å². The van der Waals surface area contributed by atoms with Crippen LogP contribution in [0.5, 0.6) is 0 Å². The average molecular weight is 393 g/mol. The lowest BCUT2D eigenvalue weighted by molar-refractivity contribution is -0.116. The van der Waals surface area contributed by atoms with Crippen LogP contribution in [-0.4, -0.2) is 47.2 Å². The molecule has 1 aromatic carbocycles. The molecule has 0 radical (unpaired) electrons. The number of ether oxygens (including phenoxy) is 1. The molecule has 116 valence electrons. The highest BCUT2D eigenvalue weighted by atomic mass is 79.9. The summed E-state index contributed by atoms with van der Waals surface area (Å²) < 4.78 is 5.94. The van der Waals surface area contributed by atoms with Gasteiger partial charge < -0.3 is 9.64 Å². The molecule has 1 amide bonds. The maximum atomic E-state index is 12.8. The Balaban J connectivity index is 2.26. The number of carbonyl (C=O) groups excluding carboxylic acids is 1. The third-order valence-electron chi connectivity index (χ3n) is 3.34. The molecular weight excluding hydrogens is 374 g/mol. The van der Waals surface area contributed by atoms with E-state index < -0.39 is 0 Å². The topological polar surface area (TPSA) is 29.5 Å². The van der Waals surface area contributed by atoms with Gasteiger partial charge in [-0.3, -0.25) is 4.79 Å². The zero-order chi connectivity index (χ0) is 15.6. The van der Waals surface area contributed by atoms with Gasteiger partial charge in [0.15, 0.2) is 0 Å². The van der Waals surface area contributed by atoms with E-state index >= 15 is 0 Å². The number of rotatable bonds is 3. The number of hydrogen-bond donors (Lipinski definition) is 0. The van der Waals surface area contributed by atoms with Gasteiger partial charge in [-0.15, -0.1) is 11.8 Å². The van der Waals surface area contributed by atoms with Crippen molar-refractivity contribution in [3.05, 3.63) is 28.8 Å². The SMILES string of the molecule is CSc1ccc(Cl)c(C(=O)N2CC(CBr)OC(C)(C)C2)c1. The molecule has 0 aliphatic carbocycles. The molecule has 1 saturated heterocycles. The summed E-state index contributed by atoms with van der Waals surface area (Å²) in [5, 5.41) is 1.20. The number of benzene rings is 1. The molecule has 0 aromatic heterocycles. The normalized spacial score (nSPS) is 21.4. The Kier molecular flexibility index (Phi) is 5.63. The van der Waals surface area contributed by atoms with Gasteiger partial charge in [-0.25, -0.2) is 0 Å². The van der Waals surface area contributed by atoms with Crippen LogP contribution in [0.1, 0.15) is 24.2 Å². The third kappa shape index (κ3) is 4.15. The van der Waals surface area contributed by atoms with Crippen molar-refractivity contribution in [2.45, 2.75) is 30.4 Å². The van der Waals surface area contributed by atoms with Crippen LogP contribution in [0.15, 0.2) is 23.1 Å². The number of carbonyl (C=O) groups is 1. The number of hydrogen-bond acceptors (Lipinski definition) is 3. The highest BCUT2D eigenvalue weighted by Crippen LogP contribution is 2.28. The van der Waals surface area contributed by atoms with E-state index in [1.165, 1.54) is 0 Å². The Bertz CT molecular complexity index is 538. The Labute approximate surface area is 143 Å². The first-order valence-electron chi connectivity index (χ1n) is 6.73. The summed E-state index contributed by atoms with van der Waals surface area (Å²) in [4.78, 5) is 15.7. The summed E-state index contributed by atoms with van der Waals surface area (Å²) in [6, 6.07) is 5.57. The van der Waals surface area contributed by atoms with E-state index in [1.807, 2.05) is 37.1 Å². The van der Waals surface area contributed by atoms with Gasteiger partial charge in [-0.2, -0.15) is 0 Å². The van der Waals surface area contributed by atoms with Gasteiger partial charge in [0, 0.05) is 23.3 Å². The van der Waals surface area contributed by atoms with Gasteiger partial charge in [0.1, 0.15) is 0 Å². The molecule has 1 fully saturated rings. The Morgan fingerprint density at radius 1 is 1.57 bits per heavy atom. The Morgan fingerprint density at radius 2 is 2.29 bits per heavy atom. The van der Waals surface area contributed by atoms with Crippen LogP contribution in [0.2, 0.25) is 5.02 Å². The van der Waals surface area contributed by atoms with E-state index in [2.05, 4.69) is 15.9 Å². The quantitative estimate of drug-likeness (QED) is 0.573. The molecule has 1 heterocycles. The van der Waals surface area contributed by atoms with E-state index in [0.29, 0.717) is 29.0 Å². The zero-order valence-electron chi connectivity index (χ0n) is 12.4. The van der Waals surface area contributed by atoms with Crippen LogP contribution in [0.4, 0.5) is 0 Å². The predicted molar refractivity (Wildman–Crippen MR) is 91.9 cm³/mol. The monoisotopic (exact) mass is 391 g/mol. The van der Waals surface area contributed by atoms with Crippen molar-refractivity contribution in [2.24, 2.45) is 0 Å². The number of morpholine rings is 1. The van der Waals surface area contributed by atoms with Crippen LogP contribution in [-0.2, 0) is 4.74 Å². The first-order chi connectivity index (χ1) is 9.86. The van der Waals surface area contributed by atoms with Crippen molar-refractivity contribution in [1.82, 2.24) is 4.90 Å². The summed E-state index contributed by atoms with van der Waals surface area (Å²) in [5.74, 6) is -0.0294. The smallest absolute Gasteiger partial charge is 0.255 e. The predicted octanol–water partition coefficient (Wildman–Crippen LogP) is 4.08. The van der Waals surface area contributed by atoms with Crippen LogP contribution in [0.3, 0.4) is 0 Å². The first kappa shape index (κ1) is 17.1. The van der Waals surface area contributed by atoms with Crippen molar-refractivity contribution in [3.8, 4) is 0 Å². The fourth-order valence-corrected chi connectivity index (χ4v) is 3.47. The third-order valence-corrected chi connectivity index (χ3v) is 5.12. The second kappa shape index (κ2) is 6.90. The van der Waals surface area contributed by atoms with Gasteiger partial charge in [0.2, 0.25) is 0 Å². The minimum absolute atomic E-state index is 0.000193. The van der Waals surface area contributed by atoms with Crippen LogP contribution in [0, 0.1) is 0 Å². The van der Waals surface area contributed by atoms with Gasteiger partial charge in [-0.1, -0.05) is 27.5 Å². The Hall–Kier alpha value is -0.230. The molecule has 1 aromatic rings. The minimum Gasteiger partial charge on any atom is -0.368 e. The number of thioether (sulfide) groups is 1. The molecule has 6 heteroatoms. The van der Waals surface area contributed by atoms with Gasteiger partial charge in [-0.05, 0) is 38.3 Å². The van der Waals surface area contributed by atoms with Crippen LogP contribution in [0.25, 0.3) is 0 Å². The maximum absolute atomic E-state index is 12.8. The van der Waals surface area contributed by atoms with E-state index in [-0.39, 0.29) is 17.6 Å². The fraction of sp³-hybridized carbons (Fsp3) is 0.533. The highest BCUT2D eigenvalue weighted by Gasteiger charge is 2.35. The van der Waals surface area contributed by atoms with E-state index in [0.717, 1.165) is 4.90 Å². The molecule has 2 rings (SSSR count). The van der Waals surface area contributed by atoms with Crippen LogP contribution >= 0.6 is 39.3 Å². The second-order valence-electron chi connectivity index (χ2n) is 5.69. The fourth-order valence-electron chi connectivity index (χ4n) is 2.50. The van der Waals surface area contributed by atoms with Crippen molar-refractivity contribution in [2.75, 3.05) is 24.7 Å². The zero-order valence-corrected chi connectivity index (χ0v) is 15.5. The lowest BCUT2D eigenvalue weighted by Crippen LogP contribution is -2.55. The molecule has 0 spiro atoms. The standard InChI is InChI=1S/C15H19BrClNO2S/c1-15(2)9-18(8-10(7-16)20-15)14(19)12-6-11(21-3)4-5-13(12)17/h4-6,10H,7-9H2,1-3H3. The van der Waals surface area contributed by atoms with Crippen molar-refractivity contribution >= 4 is 45.2 Å². The number of halogens is 2.